The van der Waals surface area contributed by atoms with Gasteiger partial charge in [0.1, 0.15) is 0 Å². The predicted molar refractivity (Wildman–Crippen MR) is 63.8 cm³/mol. The predicted octanol–water partition coefficient (Wildman–Crippen LogP) is 2.50. The topological polar surface area (TPSA) is 32.3 Å². The fraction of sp³-hybridized carbons (Fsp3) is 0.538. The lowest BCUT2D eigenvalue weighted by atomic mass is 10.0. The molecule has 0 aromatic heterocycles. The van der Waals surface area contributed by atoms with E-state index >= 15 is 0 Å². The molecular formula is C13H21NO. The molecule has 84 valence electrons. The minimum absolute atomic E-state index is 0.204. The number of hydrogen-bond donors (Lipinski definition) is 2. The first kappa shape index (κ1) is 12.2. The van der Waals surface area contributed by atoms with Crippen molar-refractivity contribution in [1.82, 2.24) is 5.32 Å². The van der Waals surface area contributed by atoms with Gasteiger partial charge in [-0.3, -0.25) is 0 Å². The van der Waals surface area contributed by atoms with Gasteiger partial charge in [-0.25, -0.2) is 0 Å². The van der Waals surface area contributed by atoms with E-state index in [2.05, 4.69) is 36.5 Å². The zero-order valence-corrected chi connectivity index (χ0v) is 9.45. The van der Waals surface area contributed by atoms with Crippen LogP contribution in [0.4, 0.5) is 0 Å². The summed E-state index contributed by atoms with van der Waals surface area (Å²) in [6.45, 7) is 3.08. The molecule has 0 saturated carbocycles. The minimum atomic E-state index is 0.204. The van der Waals surface area contributed by atoms with Crippen LogP contribution in [0, 0.1) is 0 Å². The molecule has 0 aliphatic heterocycles. The van der Waals surface area contributed by atoms with Crippen molar-refractivity contribution in [1.29, 1.82) is 0 Å². The van der Waals surface area contributed by atoms with Gasteiger partial charge in [0, 0.05) is 12.6 Å². The summed E-state index contributed by atoms with van der Waals surface area (Å²) < 4.78 is 0. The van der Waals surface area contributed by atoms with Crippen molar-refractivity contribution < 1.29 is 5.11 Å². The molecule has 2 nitrogen and oxygen atoms in total. The molecule has 0 radical (unpaired) electrons. The zero-order chi connectivity index (χ0) is 10.9. The maximum Gasteiger partial charge on any atom is 0.0556 e. The van der Waals surface area contributed by atoms with Gasteiger partial charge in [0.15, 0.2) is 0 Å². The summed E-state index contributed by atoms with van der Waals surface area (Å²) in [6.07, 6.45) is 3.57. The Labute approximate surface area is 92.3 Å². The molecule has 0 fully saturated rings. The molecule has 0 heterocycles. The van der Waals surface area contributed by atoms with Crippen molar-refractivity contribution in [3.63, 3.8) is 0 Å². The van der Waals surface area contributed by atoms with E-state index in [1.807, 2.05) is 6.07 Å². The largest absolute Gasteiger partial charge is 0.395 e. The first-order valence-corrected chi connectivity index (χ1v) is 5.77. The Bertz CT molecular complexity index is 240. The highest BCUT2D eigenvalue weighted by atomic mass is 16.3. The van der Waals surface area contributed by atoms with E-state index in [-0.39, 0.29) is 6.61 Å². The summed E-state index contributed by atoms with van der Waals surface area (Å²) >= 11 is 0. The highest BCUT2D eigenvalue weighted by Crippen LogP contribution is 2.18. The molecule has 1 aromatic rings. The van der Waals surface area contributed by atoms with Crippen LogP contribution in [0.25, 0.3) is 0 Å². The molecule has 1 rings (SSSR count). The molecule has 1 unspecified atom stereocenters. The van der Waals surface area contributed by atoms with Gasteiger partial charge in [0.05, 0.1) is 6.61 Å². The summed E-state index contributed by atoms with van der Waals surface area (Å²) in [4.78, 5) is 0. The van der Waals surface area contributed by atoms with Gasteiger partial charge in [0.2, 0.25) is 0 Å². The number of unbranched alkanes of at least 4 members (excludes halogenated alkanes) is 1. The normalized spacial score (nSPS) is 12.7. The summed E-state index contributed by atoms with van der Waals surface area (Å²) in [5.41, 5.74) is 1.32. The van der Waals surface area contributed by atoms with E-state index in [9.17, 15) is 0 Å². The molecular weight excluding hydrogens is 186 g/mol. The lowest BCUT2D eigenvalue weighted by Crippen LogP contribution is -2.24. The maximum atomic E-state index is 8.82. The number of benzene rings is 1. The first-order valence-electron chi connectivity index (χ1n) is 5.77. The van der Waals surface area contributed by atoms with E-state index in [4.69, 9.17) is 5.11 Å². The minimum Gasteiger partial charge on any atom is -0.395 e. The average Bonchev–Trinajstić information content (AvgIpc) is 2.30. The van der Waals surface area contributed by atoms with Gasteiger partial charge in [-0.05, 0) is 12.0 Å². The van der Waals surface area contributed by atoms with Crippen molar-refractivity contribution in [2.45, 2.75) is 32.2 Å². The Morgan fingerprint density at radius 3 is 2.60 bits per heavy atom. The van der Waals surface area contributed by atoms with Crippen molar-refractivity contribution in [2.24, 2.45) is 0 Å². The molecule has 0 saturated heterocycles. The number of aliphatic hydroxyl groups excluding tert-OH is 1. The Morgan fingerprint density at radius 2 is 2.00 bits per heavy atom. The molecule has 0 spiro atoms. The Kier molecular flexibility index (Phi) is 6.05. The summed E-state index contributed by atoms with van der Waals surface area (Å²) in [5, 5.41) is 12.2. The van der Waals surface area contributed by atoms with Crippen LogP contribution in [0.5, 0.6) is 0 Å². The van der Waals surface area contributed by atoms with Crippen molar-refractivity contribution in [3.8, 4) is 0 Å². The smallest absolute Gasteiger partial charge is 0.0556 e. The van der Waals surface area contributed by atoms with Crippen LogP contribution >= 0.6 is 0 Å². The van der Waals surface area contributed by atoms with Crippen molar-refractivity contribution in [2.75, 3.05) is 13.2 Å². The molecule has 1 aromatic carbocycles. The summed E-state index contributed by atoms with van der Waals surface area (Å²) in [5.74, 6) is 0. The third kappa shape index (κ3) is 4.45. The van der Waals surface area contributed by atoms with E-state index in [1.54, 1.807) is 0 Å². The van der Waals surface area contributed by atoms with Gasteiger partial charge in [-0.1, -0.05) is 50.1 Å². The van der Waals surface area contributed by atoms with Gasteiger partial charge < -0.3 is 10.4 Å². The van der Waals surface area contributed by atoms with Gasteiger partial charge >= 0.3 is 0 Å². The van der Waals surface area contributed by atoms with Gasteiger partial charge in [-0.2, -0.15) is 0 Å². The molecule has 2 N–H and O–H groups in total. The van der Waals surface area contributed by atoms with Crippen molar-refractivity contribution in [3.05, 3.63) is 35.9 Å². The highest BCUT2D eigenvalue weighted by molar-refractivity contribution is 5.18. The SMILES string of the molecule is CCCCC(NCCO)c1ccccc1. The molecule has 2 heteroatoms. The van der Waals surface area contributed by atoms with E-state index in [0.717, 1.165) is 6.42 Å². The molecule has 15 heavy (non-hydrogen) atoms. The number of nitrogens with one attached hydrogen (secondary N) is 1. The van der Waals surface area contributed by atoms with Crippen LogP contribution in [0.3, 0.4) is 0 Å². The van der Waals surface area contributed by atoms with Crippen LogP contribution in [0.2, 0.25) is 0 Å². The van der Waals surface area contributed by atoms with E-state index in [0.29, 0.717) is 12.6 Å². The molecule has 0 amide bonds. The van der Waals surface area contributed by atoms with Crippen LogP contribution in [0.1, 0.15) is 37.8 Å². The fourth-order valence-corrected chi connectivity index (χ4v) is 1.72. The van der Waals surface area contributed by atoms with Crippen molar-refractivity contribution >= 4 is 0 Å². The Balaban J connectivity index is 2.55. The van der Waals surface area contributed by atoms with Crippen LogP contribution < -0.4 is 5.32 Å². The van der Waals surface area contributed by atoms with Crippen LogP contribution in [0.15, 0.2) is 30.3 Å². The second kappa shape index (κ2) is 7.43. The Hall–Kier alpha value is -0.860. The molecule has 0 aliphatic rings. The third-order valence-electron chi connectivity index (χ3n) is 2.55. The lowest BCUT2D eigenvalue weighted by molar-refractivity contribution is 0.282. The summed E-state index contributed by atoms with van der Waals surface area (Å²) in [6, 6.07) is 10.8. The third-order valence-corrected chi connectivity index (χ3v) is 2.55. The molecule has 0 bridgehead atoms. The lowest BCUT2D eigenvalue weighted by Gasteiger charge is -2.18. The number of hydrogen-bond acceptors (Lipinski definition) is 2. The monoisotopic (exact) mass is 207 g/mol. The standard InChI is InChI=1S/C13H21NO/c1-2-3-9-13(14-10-11-15)12-7-5-4-6-8-12/h4-8,13-15H,2-3,9-11H2,1H3. The fourth-order valence-electron chi connectivity index (χ4n) is 1.72. The Morgan fingerprint density at radius 1 is 1.27 bits per heavy atom. The second-order valence-corrected chi connectivity index (χ2v) is 3.78. The van der Waals surface area contributed by atoms with Gasteiger partial charge in [0.25, 0.3) is 0 Å². The zero-order valence-electron chi connectivity index (χ0n) is 9.45. The van der Waals surface area contributed by atoms with Gasteiger partial charge in [-0.15, -0.1) is 0 Å². The van der Waals surface area contributed by atoms with E-state index < -0.39 is 0 Å². The second-order valence-electron chi connectivity index (χ2n) is 3.78. The van der Waals surface area contributed by atoms with Crippen LogP contribution in [-0.2, 0) is 0 Å². The maximum absolute atomic E-state index is 8.82. The molecule has 1 atom stereocenters. The average molecular weight is 207 g/mol. The molecule has 0 aliphatic carbocycles. The number of rotatable bonds is 7. The van der Waals surface area contributed by atoms with E-state index in [1.165, 1.54) is 18.4 Å². The highest BCUT2D eigenvalue weighted by Gasteiger charge is 2.08. The first-order chi connectivity index (χ1) is 7.38. The van der Waals surface area contributed by atoms with Crippen LogP contribution in [-0.4, -0.2) is 18.3 Å². The quantitative estimate of drug-likeness (QED) is 0.720. The summed E-state index contributed by atoms with van der Waals surface area (Å²) in [7, 11) is 0. The number of aliphatic hydroxyl groups is 1.